The van der Waals surface area contributed by atoms with Gasteiger partial charge in [0, 0.05) is 21.6 Å². The van der Waals surface area contributed by atoms with Crippen molar-refractivity contribution in [3.8, 4) is 11.8 Å². The summed E-state index contributed by atoms with van der Waals surface area (Å²) in [4.78, 5) is 0. The second-order valence-corrected chi connectivity index (χ2v) is 11.8. The second-order valence-electron chi connectivity index (χ2n) is 6.28. The van der Waals surface area contributed by atoms with Crippen LogP contribution in [0.3, 0.4) is 0 Å². The maximum absolute atomic E-state index is 5.88. The molecule has 134 valence electrons. The molecule has 0 saturated heterocycles. The van der Waals surface area contributed by atoms with E-state index in [0.29, 0.717) is 5.92 Å². The van der Waals surface area contributed by atoms with Crippen molar-refractivity contribution < 1.29 is 0 Å². The summed E-state index contributed by atoms with van der Waals surface area (Å²) in [6.07, 6.45) is 14.5. The Morgan fingerprint density at radius 1 is 1.16 bits per heavy atom. The first-order chi connectivity index (χ1) is 11.9. The van der Waals surface area contributed by atoms with E-state index in [0.717, 1.165) is 15.7 Å². The Morgan fingerprint density at radius 2 is 1.88 bits per heavy atom. The third kappa shape index (κ3) is 7.09. The number of hydrogen-bond donors (Lipinski definition) is 2. The number of anilines is 1. The van der Waals surface area contributed by atoms with Crippen molar-refractivity contribution in [2.24, 2.45) is 11.7 Å². The van der Waals surface area contributed by atoms with E-state index in [9.17, 15) is 0 Å². The first-order valence-corrected chi connectivity index (χ1v) is 11.1. The summed E-state index contributed by atoms with van der Waals surface area (Å²) < 4.78 is 0.967. The van der Waals surface area contributed by atoms with Gasteiger partial charge in [-0.15, -0.1) is 0 Å². The molecule has 25 heavy (non-hydrogen) atoms. The van der Waals surface area contributed by atoms with Crippen molar-refractivity contribution in [2.45, 2.75) is 40.5 Å². The summed E-state index contributed by atoms with van der Waals surface area (Å²) in [6, 6.07) is 5.92. The fraction of sp³-hybridized carbons (Fsp3) is 0.400. The highest BCUT2D eigenvalue weighted by Crippen LogP contribution is 2.33. The first-order valence-electron chi connectivity index (χ1n) is 8.44. The maximum Gasteiger partial charge on any atom is 0.114 e. The van der Waals surface area contributed by atoms with Crippen LogP contribution < -0.4 is 11.5 Å². The fourth-order valence-electron chi connectivity index (χ4n) is 2.67. The van der Waals surface area contributed by atoms with E-state index in [4.69, 9.17) is 11.5 Å². The highest BCUT2D eigenvalue weighted by Gasteiger charge is 2.26. The molecule has 0 radical (unpaired) electrons. The van der Waals surface area contributed by atoms with Crippen LogP contribution in [0.25, 0.3) is 0 Å². The topological polar surface area (TPSA) is 52.0 Å². The van der Waals surface area contributed by atoms with E-state index in [-0.39, 0.29) is 8.37 Å². The van der Waals surface area contributed by atoms with Gasteiger partial charge in [-0.2, -0.15) is 0 Å². The standard InChI is InChI=1S/C14H16BrN.C6H7BrIN/c15-13-8-9-14(16)12(10-13)7-6-11-4-2-1-3-5-11;7-6(8)4-2-1-3-5(6)9/h8-11H,1-5,16H2;1-5H,9H2. The average molecular weight is 578 g/mol. The van der Waals surface area contributed by atoms with Crippen molar-refractivity contribution in [3.05, 3.63) is 52.5 Å². The molecular formula is C20H23Br2IN2. The van der Waals surface area contributed by atoms with Crippen LogP contribution in [-0.4, -0.2) is 8.37 Å². The highest BCUT2D eigenvalue weighted by molar-refractivity contribution is 14.1. The van der Waals surface area contributed by atoms with Gasteiger partial charge in [-0.3, -0.25) is 0 Å². The molecule has 1 saturated carbocycles. The van der Waals surface area contributed by atoms with Crippen molar-refractivity contribution in [2.75, 3.05) is 5.73 Å². The smallest absolute Gasteiger partial charge is 0.114 e. The number of nitrogens with two attached hydrogens (primary N) is 2. The lowest BCUT2D eigenvalue weighted by molar-refractivity contribution is 0.430. The lowest BCUT2D eigenvalue weighted by atomic mass is 9.89. The van der Waals surface area contributed by atoms with Crippen LogP contribution in [0.2, 0.25) is 0 Å². The van der Waals surface area contributed by atoms with Crippen molar-refractivity contribution >= 4 is 60.1 Å². The Hall–Kier alpha value is -0.290. The monoisotopic (exact) mass is 576 g/mol. The van der Waals surface area contributed by atoms with E-state index in [1.165, 1.54) is 32.1 Å². The van der Waals surface area contributed by atoms with Crippen LogP contribution in [0.5, 0.6) is 0 Å². The Kier molecular flexibility index (Phi) is 8.53. The number of halogens is 3. The molecule has 0 aromatic heterocycles. The molecule has 2 aliphatic rings. The Balaban J connectivity index is 0.000000212. The van der Waals surface area contributed by atoms with Crippen molar-refractivity contribution in [1.29, 1.82) is 0 Å². The van der Waals surface area contributed by atoms with E-state index in [1.807, 2.05) is 42.5 Å². The van der Waals surface area contributed by atoms with Crippen LogP contribution in [0.15, 0.2) is 47.0 Å². The van der Waals surface area contributed by atoms with E-state index in [2.05, 4.69) is 66.3 Å². The number of benzene rings is 1. The van der Waals surface area contributed by atoms with Gasteiger partial charge in [0.05, 0.1) is 6.04 Å². The highest BCUT2D eigenvalue weighted by atomic mass is 127. The summed E-state index contributed by atoms with van der Waals surface area (Å²) >= 11 is 9.19. The molecule has 0 aliphatic heterocycles. The zero-order valence-corrected chi connectivity index (χ0v) is 19.3. The molecule has 2 atom stereocenters. The fourth-order valence-corrected chi connectivity index (χ4v) is 3.75. The molecule has 1 aromatic carbocycles. The molecule has 4 N–H and O–H groups in total. The van der Waals surface area contributed by atoms with Gasteiger partial charge in [-0.05, 0) is 31.0 Å². The summed E-state index contributed by atoms with van der Waals surface area (Å²) in [5.41, 5.74) is 13.3. The Labute approximate surface area is 181 Å². The molecule has 2 aliphatic carbocycles. The zero-order chi connectivity index (χ0) is 18.3. The molecule has 2 unspecified atom stereocenters. The summed E-state index contributed by atoms with van der Waals surface area (Å²) in [7, 11) is 0. The van der Waals surface area contributed by atoms with E-state index >= 15 is 0 Å². The molecule has 0 heterocycles. The van der Waals surface area contributed by atoms with Crippen LogP contribution in [0.4, 0.5) is 5.69 Å². The SMILES string of the molecule is NC1C=CC=CC1(Br)I.Nc1ccc(Br)cc1C#CC1CCCCC1. The second kappa shape index (κ2) is 10.1. The Bertz CT molecular complexity index is 695. The van der Waals surface area contributed by atoms with Crippen LogP contribution in [-0.2, 0) is 0 Å². The molecule has 0 bridgehead atoms. The van der Waals surface area contributed by atoms with Gasteiger partial charge in [-0.25, -0.2) is 0 Å². The lowest BCUT2D eigenvalue weighted by Crippen LogP contribution is -2.35. The van der Waals surface area contributed by atoms with Gasteiger partial charge >= 0.3 is 0 Å². The molecular weight excluding hydrogens is 555 g/mol. The first kappa shape index (κ1) is 21.0. The minimum absolute atomic E-state index is 0.0699. The van der Waals surface area contributed by atoms with Crippen molar-refractivity contribution in [3.63, 3.8) is 0 Å². The largest absolute Gasteiger partial charge is 0.398 e. The maximum atomic E-state index is 5.88. The number of rotatable bonds is 0. The summed E-state index contributed by atoms with van der Waals surface area (Å²) in [6.45, 7) is 0. The third-order valence-electron chi connectivity index (χ3n) is 4.22. The van der Waals surface area contributed by atoms with Gasteiger partial charge in [0.25, 0.3) is 0 Å². The summed E-state index contributed by atoms with van der Waals surface area (Å²) in [5, 5.41) is 0. The number of alkyl halides is 2. The number of nitrogen functional groups attached to an aromatic ring is 1. The molecule has 1 aromatic rings. The third-order valence-corrected chi connectivity index (χ3v) is 6.59. The van der Waals surface area contributed by atoms with E-state index in [1.54, 1.807) is 0 Å². The van der Waals surface area contributed by atoms with Gasteiger partial charge in [0.2, 0.25) is 0 Å². The molecule has 3 rings (SSSR count). The average Bonchev–Trinajstić information content (AvgIpc) is 2.60. The molecule has 2 nitrogen and oxygen atoms in total. The van der Waals surface area contributed by atoms with Gasteiger partial charge in [-0.1, -0.05) is 110 Å². The molecule has 0 spiro atoms. The molecule has 1 fully saturated rings. The summed E-state index contributed by atoms with van der Waals surface area (Å²) in [5.74, 6) is 7.15. The molecule has 0 amide bonds. The van der Waals surface area contributed by atoms with Crippen LogP contribution >= 0.6 is 54.5 Å². The Morgan fingerprint density at radius 3 is 2.48 bits per heavy atom. The quantitative estimate of drug-likeness (QED) is 0.174. The number of hydrogen-bond acceptors (Lipinski definition) is 2. The van der Waals surface area contributed by atoms with Crippen LogP contribution in [0, 0.1) is 17.8 Å². The minimum atomic E-state index is -0.0699. The minimum Gasteiger partial charge on any atom is -0.398 e. The van der Waals surface area contributed by atoms with Crippen LogP contribution in [0.1, 0.15) is 37.7 Å². The van der Waals surface area contributed by atoms with Gasteiger partial charge in [0.1, 0.15) is 2.33 Å². The van der Waals surface area contributed by atoms with Crippen molar-refractivity contribution in [1.82, 2.24) is 0 Å². The van der Waals surface area contributed by atoms with E-state index < -0.39 is 0 Å². The van der Waals surface area contributed by atoms with Gasteiger partial charge < -0.3 is 11.5 Å². The normalized spacial score (nSPS) is 25.5. The zero-order valence-electron chi connectivity index (χ0n) is 14.0. The number of allylic oxidation sites excluding steroid dienone is 2. The lowest BCUT2D eigenvalue weighted by Gasteiger charge is -2.23. The van der Waals surface area contributed by atoms with Gasteiger partial charge in [0.15, 0.2) is 0 Å². The molecule has 5 heteroatoms. The predicted octanol–water partition coefficient (Wildman–Crippen LogP) is 5.93. The predicted molar refractivity (Wildman–Crippen MR) is 124 cm³/mol.